The molecule has 39 heavy (non-hydrogen) atoms. The van der Waals surface area contributed by atoms with Crippen LogP contribution in [-0.2, 0) is 16.6 Å². The summed E-state index contributed by atoms with van der Waals surface area (Å²) < 4.78 is 11.5. The van der Waals surface area contributed by atoms with Crippen LogP contribution in [0.4, 0.5) is 5.69 Å². The molecule has 4 rings (SSSR count). The second-order valence-corrected chi connectivity index (χ2v) is 10.4. The molecule has 4 aromatic rings. The van der Waals surface area contributed by atoms with Gasteiger partial charge in [0.05, 0.1) is 13.5 Å². The first-order chi connectivity index (χ1) is 18.5. The van der Waals surface area contributed by atoms with E-state index < -0.39 is 5.97 Å². The number of benzene rings is 3. The number of ether oxygens (including phenoxy) is 2. The lowest BCUT2D eigenvalue weighted by Crippen LogP contribution is -2.16. The largest absolute Gasteiger partial charge is 0.496 e. The van der Waals surface area contributed by atoms with Gasteiger partial charge in [-0.3, -0.25) is 4.79 Å². The minimum Gasteiger partial charge on any atom is -0.496 e. The molecule has 3 aromatic carbocycles. The molecule has 0 aliphatic heterocycles. The Balaban J connectivity index is 1.74. The van der Waals surface area contributed by atoms with Crippen molar-refractivity contribution in [2.45, 2.75) is 39.5 Å². The van der Waals surface area contributed by atoms with Crippen LogP contribution in [0.3, 0.4) is 0 Å². The van der Waals surface area contributed by atoms with E-state index in [1.165, 1.54) is 13.2 Å². The Hall–Kier alpha value is -4.65. The molecule has 200 valence electrons. The number of nitrogens with one attached hydrogen (secondary N) is 1. The van der Waals surface area contributed by atoms with Gasteiger partial charge in [0.2, 0.25) is 11.8 Å². The monoisotopic (exact) mass is 524 g/mol. The van der Waals surface area contributed by atoms with Crippen molar-refractivity contribution in [2.75, 3.05) is 12.4 Å². The van der Waals surface area contributed by atoms with Gasteiger partial charge in [-0.15, -0.1) is 0 Å². The van der Waals surface area contributed by atoms with Crippen LogP contribution in [0.25, 0.3) is 11.1 Å². The average molecular weight is 525 g/mol. The van der Waals surface area contributed by atoms with E-state index in [2.05, 4.69) is 31.1 Å². The van der Waals surface area contributed by atoms with Crippen LogP contribution in [0, 0.1) is 6.92 Å². The van der Waals surface area contributed by atoms with Gasteiger partial charge in [0.15, 0.2) is 0 Å². The van der Waals surface area contributed by atoms with Gasteiger partial charge in [-0.2, -0.15) is 0 Å². The van der Waals surface area contributed by atoms with Gasteiger partial charge in [0.25, 0.3) is 0 Å². The van der Waals surface area contributed by atoms with Crippen LogP contribution in [-0.4, -0.2) is 29.1 Å². The van der Waals surface area contributed by atoms with Gasteiger partial charge in [-0.1, -0.05) is 74.9 Å². The predicted molar refractivity (Wildman–Crippen MR) is 152 cm³/mol. The fourth-order valence-electron chi connectivity index (χ4n) is 4.32. The first-order valence-corrected chi connectivity index (χ1v) is 12.6. The van der Waals surface area contributed by atoms with Crippen molar-refractivity contribution in [1.82, 2.24) is 4.98 Å². The third kappa shape index (κ3) is 6.62. The van der Waals surface area contributed by atoms with Crippen molar-refractivity contribution in [3.8, 4) is 28.5 Å². The molecule has 0 spiro atoms. The number of carboxylic acid groups (broad SMARTS) is 1. The Morgan fingerprint density at radius 3 is 2.38 bits per heavy atom. The molecule has 0 unspecified atom stereocenters. The minimum atomic E-state index is -1.10. The molecule has 0 bridgehead atoms. The number of aromatic carboxylic acids is 1. The highest BCUT2D eigenvalue weighted by molar-refractivity contribution is 5.95. The number of para-hydroxylation sites is 1. The number of hydrogen-bond donors (Lipinski definition) is 2. The fraction of sp³-hybridized carbons (Fsp3) is 0.219. The van der Waals surface area contributed by atoms with E-state index >= 15 is 0 Å². The first-order valence-electron chi connectivity index (χ1n) is 12.6. The van der Waals surface area contributed by atoms with Crippen LogP contribution < -0.4 is 14.8 Å². The number of pyridine rings is 1. The molecule has 0 atom stereocenters. The fourth-order valence-corrected chi connectivity index (χ4v) is 4.32. The van der Waals surface area contributed by atoms with Crippen molar-refractivity contribution in [3.05, 3.63) is 101 Å². The molecule has 7 nitrogen and oxygen atoms in total. The Morgan fingerprint density at radius 2 is 1.69 bits per heavy atom. The maximum Gasteiger partial charge on any atom is 0.339 e. The van der Waals surface area contributed by atoms with Crippen LogP contribution >= 0.6 is 0 Å². The number of rotatable bonds is 8. The van der Waals surface area contributed by atoms with E-state index in [0.717, 1.165) is 16.7 Å². The third-order valence-corrected chi connectivity index (χ3v) is 6.24. The lowest BCUT2D eigenvalue weighted by atomic mass is 9.86. The Kier molecular flexibility index (Phi) is 8.00. The van der Waals surface area contributed by atoms with Crippen molar-refractivity contribution in [2.24, 2.45) is 0 Å². The van der Waals surface area contributed by atoms with Gasteiger partial charge >= 0.3 is 5.97 Å². The average Bonchev–Trinajstić information content (AvgIpc) is 2.89. The molecular formula is C32H32N2O5. The summed E-state index contributed by atoms with van der Waals surface area (Å²) >= 11 is 0. The van der Waals surface area contributed by atoms with E-state index in [9.17, 15) is 14.7 Å². The van der Waals surface area contributed by atoms with E-state index in [0.29, 0.717) is 22.6 Å². The minimum absolute atomic E-state index is 0.0273. The summed E-state index contributed by atoms with van der Waals surface area (Å²) in [6, 6.07) is 22.1. The summed E-state index contributed by atoms with van der Waals surface area (Å²) in [5.74, 6) is -0.205. The van der Waals surface area contributed by atoms with Crippen molar-refractivity contribution in [3.63, 3.8) is 0 Å². The molecular weight excluding hydrogens is 492 g/mol. The summed E-state index contributed by atoms with van der Waals surface area (Å²) in [4.78, 5) is 29.4. The highest BCUT2D eigenvalue weighted by atomic mass is 16.5. The van der Waals surface area contributed by atoms with Gasteiger partial charge < -0.3 is 19.9 Å². The zero-order chi connectivity index (χ0) is 28.2. The number of carbonyl (C=O) groups excluding carboxylic acids is 1. The molecule has 1 heterocycles. The molecule has 1 aromatic heterocycles. The summed E-state index contributed by atoms with van der Waals surface area (Å²) in [5.41, 5.74) is 4.40. The number of hydrogen-bond acceptors (Lipinski definition) is 5. The smallest absolute Gasteiger partial charge is 0.339 e. The summed E-state index contributed by atoms with van der Waals surface area (Å²) in [6.45, 7) is 8.27. The molecule has 0 radical (unpaired) electrons. The number of methoxy groups -OCH3 is 1. The van der Waals surface area contributed by atoms with E-state index in [-0.39, 0.29) is 34.9 Å². The summed E-state index contributed by atoms with van der Waals surface area (Å²) in [7, 11) is 1.42. The zero-order valence-electron chi connectivity index (χ0n) is 22.7. The van der Waals surface area contributed by atoms with E-state index in [1.54, 1.807) is 24.4 Å². The number of carbonyl (C=O) groups is 2. The first kappa shape index (κ1) is 27.4. The van der Waals surface area contributed by atoms with Crippen LogP contribution in [0.2, 0.25) is 0 Å². The second kappa shape index (κ2) is 11.4. The lowest BCUT2D eigenvalue weighted by Gasteiger charge is -2.23. The number of aryl methyl sites for hydroxylation is 1. The molecule has 7 heteroatoms. The normalized spacial score (nSPS) is 11.1. The third-order valence-electron chi connectivity index (χ3n) is 6.24. The van der Waals surface area contributed by atoms with E-state index in [1.807, 2.05) is 55.5 Å². The molecule has 2 N–H and O–H groups in total. The SMILES string of the molecule is COc1ccc(-c2cnc(Oc3ccccc3C(C)(C)C)c(NC(=O)Cc3cccc(C)c3)c2)cc1C(=O)O. The van der Waals surface area contributed by atoms with Gasteiger partial charge in [-0.05, 0) is 47.7 Å². The van der Waals surface area contributed by atoms with Gasteiger partial charge in [-0.25, -0.2) is 9.78 Å². The topological polar surface area (TPSA) is 97.8 Å². The maximum atomic E-state index is 13.1. The molecule has 0 aliphatic carbocycles. The Labute approximate surface area is 228 Å². The quantitative estimate of drug-likeness (QED) is 0.257. The van der Waals surface area contributed by atoms with Crippen molar-refractivity contribution < 1.29 is 24.2 Å². The maximum absolute atomic E-state index is 13.1. The van der Waals surface area contributed by atoms with Crippen molar-refractivity contribution in [1.29, 1.82) is 0 Å². The second-order valence-electron chi connectivity index (χ2n) is 10.4. The summed E-state index contributed by atoms with van der Waals surface area (Å²) in [6.07, 6.45) is 1.77. The van der Waals surface area contributed by atoms with Gasteiger partial charge in [0, 0.05) is 17.3 Å². The van der Waals surface area contributed by atoms with Crippen LogP contribution in [0.5, 0.6) is 17.4 Å². The molecule has 0 aliphatic rings. The number of aromatic nitrogens is 1. The number of nitrogens with zero attached hydrogens (tertiary/aromatic N) is 1. The highest BCUT2D eigenvalue weighted by Gasteiger charge is 2.21. The highest BCUT2D eigenvalue weighted by Crippen LogP contribution is 2.37. The Morgan fingerprint density at radius 1 is 0.923 bits per heavy atom. The zero-order valence-corrected chi connectivity index (χ0v) is 22.7. The number of anilines is 1. The van der Waals surface area contributed by atoms with Crippen LogP contribution in [0.1, 0.15) is 47.8 Å². The van der Waals surface area contributed by atoms with Crippen LogP contribution in [0.15, 0.2) is 79.0 Å². The predicted octanol–water partition coefficient (Wildman–Crippen LogP) is 7.03. The number of carboxylic acids is 1. The van der Waals surface area contributed by atoms with Gasteiger partial charge in [0.1, 0.15) is 22.7 Å². The summed E-state index contributed by atoms with van der Waals surface area (Å²) in [5, 5.41) is 12.6. The van der Waals surface area contributed by atoms with E-state index in [4.69, 9.17) is 9.47 Å². The molecule has 1 amide bonds. The standard InChI is InChI=1S/C32H32N2O5/c1-20-9-8-10-21(15-20)16-29(35)34-26-18-23(22-13-14-27(38-5)24(17-22)31(36)37)19-33-30(26)39-28-12-7-6-11-25(28)32(2,3)4/h6-15,17-19H,16H2,1-5H3,(H,34,35)(H,36,37). The lowest BCUT2D eigenvalue weighted by molar-refractivity contribution is -0.115. The Bertz CT molecular complexity index is 1520. The molecule has 0 saturated heterocycles. The molecule has 0 fully saturated rings. The number of amides is 1. The van der Waals surface area contributed by atoms with Crippen molar-refractivity contribution >= 4 is 17.6 Å². The molecule has 0 saturated carbocycles.